The molecule has 0 bridgehead atoms. The molecule has 0 atom stereocenters. The van der Waals surface area contributed by atoms with Gasteiger partial charge in [-0.3, -0.25) is 5.43 Å². The molecule has 1 aromatic rings. The van der Waals surface area contributed by atoms with Gasteiger partial charge in [0.25, 0.3) is 0 Å². The highest BCUT2D eigenvalue weighted by atomic mass is 32.1. The van der Waals surface area contributed by atoms with Crippen molar-refractivity contribution in [3.8, 4) is 0 Å². The molecule has 0 radical (unpaired) electrons. The van der Waals surface area contributed by atoms with E-state index in [9.17, 15) is 4.79 Å². The number of anilines is 1. The number of carbonyl (C=O) groups excluding carboxylic acids is 1. The van der Waals surface area contributed by atoms with Gasteiger partial charge in [-0.1, -0.05) is 18.2 Å². The van der Waals surface area contributed by atoms with Crippen LogP contribution in [0.3, 0.4) is 0 Å². The molecule has 6 heteroatoms. The fourth-order valence-corrected chi connectivity index (χ4v) is 1.46. The standard InChI is InChI=1S/C13H19N3O2S/c1-13(2,3)18-12(17)16(4)15-11(19)14-10-8-6-5-7-9-10/h5-9H,1-4H3,(H2,14,15,19). The highest BCUT2D eigenvalue weighted by Gasteiger charge is 2.19. The van der Waals surface area contributed by atoms with E-state index in [-0.39, 0.29) is 0 Å². The Bertz CT molecular complexity index is 443. The molecule has 0 saturated carbocycles. The number of thiocarbonyl (C=S) groups is 1. The SMILES string of the molecule is CN(NC(=S)Nc1ccccc1)C(=O)OC(C)(C)C. The number of hydrogen-bond acceptors (Lipinski definition) is 3. The number of hydrazine groups is 1. The summed E-state index contributed by atoms with van der Waals surface area (Å²) in [4.78, 5) is 11.7. The van der Waals surface area contributed by atoms with Gasteiger partial charge in [0.1, 0.15) is 5.60 Å². The lowest BCUT2D eigenvalue weighted by molar-refractivity contribution is 0.0252. The first-order chi connectivity index (χ1) is 8.78. The number of nitrogens with zero attached hydrogens (tertiary/aromatic N) is 1. The molecule has 1 aromatic carbocycles. The number of ether oxygens (including phenoxy) is 1. The van der Waals surface area contributed by atoms with Crippen molar-refractivity contribution in [2.45, 2.75) is 26.4 Å². The van der Waals surface area contributed by atoms with E-state index in [1.165, 1.54) is 5.01 Å². The second-order valence-corrected chi connectivity index (χ2v) is 5.38. The van der Waals surface area contributed by atoms with Crippen molar-refractivity contribution in [3.63, 3.8) is 0 Å². The lowest BCUT2D eigenvalue weighted by Crippen LogP contribution is -2.47. The Hall–Kier alpha value is -1.82. The Balaban J connectivity index is 2.46. The summed E-state index contributed by atoms with van der Waals surface area (Å²) in [5.41, 5.74) is 3.03. The molecule has 19 heavy (non-hydrogen) atoms. The van der Waals surface area contributed by atoms with Gasteiger partial charge in [-0.15, -0.1) is 0 Å². The maximum Gasteiger partial charge on any atom is 0.428 e. The molecule has 5 nitrogen and oxygen atoms in total. The summed E-state index contributed by atoms with van der Waals surface area (Å²) in [5.74, 6) is 0. The molecule has 1 amide bonds. The van der Waals surface area contributed by atoms with Crippen molar-refractivity contribution in [1.29, 1.82) is 0 Å². The van der Waals surface area contributed by atoms with Crippen molar-refractivity contribution < 1.29 is 9.53 Å². The number of hydrogen-bond donors (Lipinski definition) is 2. The number of para-hydroxylation sites is 1. The number of benzene rings is 1. The number of nitrogens with one attached hydrogen (secondary N) is 2. The monoisotopic (exact) mass is 281 g/mol. The van der Waals surface area contributed by atoms with Crippen molar-refractivity contribution in [1.82, 2.24) is 10.4 Å². The van der Waals surface area contributed by atoms with Crippen LogP contribution in [0.25, 0.3) is 0 Å². The quantitative estimate of drug-likeness (QED) is 0.612. The number of amides is 1. The molecule has 104 valence electrons. The second kappa shape index (κ2) is 6.38. The molecule has 1 rings (SSSR count). The lowest BCUT2D eigenvalue weighted by Gasteiger charge is -2.25. The lowest BCUT2D eigenvalue weighted by atomic mass is 10.2. The maximum atomic E-state index is 11.7. The molecule has 2 N–H and O–H groups in total. The molecule has 0 saturated heterocycles. The average Bonchev–Trinajstić information content (AvgIpc) is 2.27. The Morgan fingerprint density at radius 3 is 2.37 bits per heavy atom. The molecule has 0 aliphatic heterocycles. The van der Waals surface area contributed by atoms with Crippen LogP contribution in [0.4, 0.5) is 10.5 Å². The van der Waals surface area contributed by atoms with Gasteiger partial charge in [0.15, 0.2) is 5.11 Å². The summed E-state index contributed by atoms with van der Waals surface area (Å²) in [7, 11) is 1.55. The summed E-state index contributed by atoms with van der Waals surface area (Å²) >= 11 is 5.10. The molecular weight excluding hydrogens is 262 g/mol. The first-order valence-electron chi connectivity index (χ1n) is 5.87. The Labute approximate surface area is 118 Å². The second-order valence-electron chi connectivity index (χ2n) is 4.97. The summed E-state index contributed by atoms with van der Waals surface area (Å²) in [6.07, 6.45) is -0.496. The minimum atomic E-state index is -0.540. The molecule has 0 aliphatic carbocycles. The van der Waals surface area contributed by atoms with Gasteiger partial charge >= 0.3 is 6.09 Å². The van der Waals surface area contributed by atoms with E-state index in [0.717, 1.165) is 5.69 Å². The molecule has 0 heterocycles. The third-order valence-electron chi connectivity index (χ3n) is 1.97. The maximum absolute atomic E-state index is 11.7. The van der Waals surface area contributed by atoms with Crippen LogP contribution in [0, 0.1) is 0 Å². The van der Waals surface area contributed by atoms with Gasteiger partial charge in [-0.25, -0.2) is 9.80 Å². The van der Waals surface area contributed by atoms with Gasteiger partial charge in [0.2, 0.25) is 0 Å². The summed E-state index contributed by atoms with van der Waals surface area (Å²) in [6.45, 7) is 5.41. The van der Waals surface area contributed by atoms with E-state index >= 15 is 0 Å². The fourth-order valence-electron chi connectivity index (χ4n) is 1.21. The zero-order chi connectivity index (χ0) is 14.5. The van der Waals surface area contributed by atoms with E-state index < -0.39 is 11.7 Å². The normalized spacial score (nSPS) is 10.5. The van der Waals surface area contributed by atoms with Crippen LogP contribution in [-0.2, 0) is 4.74 Å². The Morgan fingerprint density at radius 2 is 1.84 bits per heavy atom. The largest absolute Gasteiger partial charge is 0.442 e. The van der Waals surface area contributed by atoms with Crippen LogP contribution in [0.15, 0.2) is 30.3 Å². The van der Waals surface area contributed by atoms with Crippen LogP contribution in [0.5, 0.6) is 0 Å². The van der Waals surface area contributed by atoms with E-state index in [4.69, 9.17) is 17.0 Å². The predicted octanol–water partition coefficient (Wildman–Crippen LogP) is 2.75. The third-order valence-corrected chi connectivity index (χ3v) is 2.16. The van der Waals surface area contributed by atoms with Crippen LogP contribution in [0.2, 0.25) is 0 Å². The van der Waals surface area contributed by atoms with Crippen molar-refractivity contribution >= 4 is 29.1 Å². The molecule has 0 unspecified atom stereocenters. The Morgan fingerprint density at radius 1 is 1.26 bits per heavy atom. The van der Waals surface area contributed by atoms with Crippen LogP contribution < -0.4 is 10.7 Å². The van der Waals surface area contributed by atoms with Gasteiger partial charge in [0.05, 0.1) is 0 Å². The van der Waals surface area contributed by atoms with Crippen molar-refractivity contribution in [3.05, 3.63) is 30.3 Å². The predicted molar refractivity (Wildman–Crippen MR) is 79.8 cm³/mol. The van der Waals surface area contributed by atoms with Gasteiger partial charge in [-0.2, -0.15) is 0 Å². The minimum absolute atomic E-state index is 0.319. The highest BCUT2D eigenvalue weighted by molar-refractivity contribution is 7.80. The molecule has 0 aliphatic rings. The third kappa shape index (κ3) is 6.05. The van der Waals surface area contributed by atoms with Crippen LogP contribution in [0.1, 0.15) is 20.8 Å². The number of rotatable bonds is 1. The van der Waals surface area contributed by atoms with Crippen molar-refractivity contribution in [2.75, 3.05) is 12.4 Å². The van der Waals surface area contributed by atoms with Crippen LogP contribution in [-0.4, -0.2) is 28.9 Å². The van der Waals surface area contributed by atoms with Gasteiger partial charge in [-0.05, 0) is 45.1 Å². The molecular formula is C13H19N3O2S. The number of carbonyl (C=O) groups is 1. The van der Waals surface area contributed by atoms with Crippen molar-refractivity contribution in [2.24, 2.45) is 0 Å². The fraction of sp³-hybridized carbons (Fsp3) is 0.385. The van der Waals surface area contributed by atoms with Gasteiger partial charge < -0.3 is 10.1 Å². The van der Waals surface area contributed by atoms with Gasteiger partial charge in [0, 0.05) is 12.7 Å². The molecule has 0 fully saturated rings. The topological polar surface area (TPSA) is 53.6 Å². The zero-order valence-corrected chi connectivity index (χ0v) is 12.4. The molecule has 0 spiro atoms. The summed E-state index contributed by atoms with van der Waals surface area (Å²) in [5, 5.41) is 4.48. The van der Waals surface area contributed by atoms with Crippen LogP contribution >= 0.6 is 12.2 Å². The van der Waals surface area contributed by atoms with E-state index in [0.29, 0.717) is 5.11 Å². The first-order valence-corrected chi connectivity index (χ1v) is 6.28. The molecule has 0 aromatic heterocycles. The van der Waals surface area contributed by atoms with E-state index in [2.05, 4.69) is 10.7 Å². The van der Waals surface area contributed by atoms with E-state index in [1.807, 2.05) is 30.3 Å². The minimum Gasteiger partial charge on any atom is -0.442 e. The Kier molecular flexibility index (Phi) is 5.11. The summed E-state index contributed by atoms with van der Waals surface area (Å²) < 4.78 is 5.19. The summed E-state index contributed by atoms with van der Waals surface area (Å²) in [6, 6.07) is 9.45. The first kappa shape index (κ1) is 15.2. The average molecular weight is 281 g/mol. The highest BCUT2D eigenvalue weighted by Crippen LogP contribution is 2.08. The zero-order valence-electron chi connectivity index (χ0n) is 11.6. The smallest absolute Gasteiger partial charge is 0.428 e. The van der Waals surface area contributed by atoms with E-state index in [1.54, 1.807) is 27.8 Å².